The van der Waals surface area contributed by atoms with Gasteiger partial charge in [-0.25, -0.2) is 18.3 Å². The Morgan fingerprint density at radius 3 is 2.54 bits per heavy atom. The first-order valence-electron chi connectivity index (χ1n) is 11.2. The van der Waals surface area contributed by atoms with Crippen molar-refractivity contribution in [3.8, 4) is 5.75 Å². The third-order valence-electron chi connectivity index (χ3n) is 5.70. The van der Waals surface area contributed by atoms with E-state index < -0.39 is 17.6 Å². The maximum atomic E-state index is 14.3. The molecule has 188 valence electrons. The van der Waals surface area contributed by atoms with Crippen molar-refractivity contribution < 1.29 is 27.9 Å². The molecular weight excluding hydrogens is 486 g/mol. The van der Waals surface area contributed by atoms with Gasteiger partial charge in [-0.3, -0.25) is 14.4 Å². The molecule has 5 rings (SSSR count). The summed E-state index contributed by atoms with van der Waals surface area (Å²) in [5, 5.41) is 11.9. The third kappa shape index (κ3) is 4.94. The highest BCUT2D eigenvalue weighted by atomic mass is 19.1. The monoisotopic (exact) mass is 506 g/mol. The van der Waals surface area contributed by atoms with Gasteiger partial charge in [-0.1, -0.05) is 18.2 Å². The average molecular weight is 506 g/mol. The van der Waals surface area contributed by atoms with Crippen molar-refractivity contribution in [1.82, 2.24) is 25.2 Å². The van der Waals surface area contributed by atoms with Crippen LogP contribution >= 0.6 is 0 Å². The van der Waals surface area contributed by atoms with E-state index >= 15 is 0 Å². The Kier molecular flexibility index (Phi) is 6.22. The Morgan fingerprint density at radius 1 is 1.03 bits per heavy atom. The molecule has 0 radical (unpaired) electrons. The van der Waals surface area contributed by atoms with Crippen LogP contribution < -0.4 is 20.7 Å². The number of nitrogens with one attached hydrogen (secondary N) is 3. The largest absolute Gasteiger partial charge is 0.482 e. The minimum absolute atomic E-state index is 0.0676. The molecule has 0 saturated heterocycles. The standard InChI is InChI=1S/C25H20F2N6O4/c1-13-6-14(2-4-16(13)26)9-29-25(36)20-8-19(32-23-17(27)11-30-33(20)23)24(35)28-10-15-3-5-21-18(7-15)31-22(34)12-37-21/h2-8,11H,9-10,12H2,1H3,(H,28,35)(H,29,36)(H,31,34). The van der Waals surface area contributed by atoms with Crippen LogP contribution in [-0.4, -0.2) is 38.9 Å². The Bertz CT molecular complexity index is 1570. The highest BCUT2D eigenvalue weighted by molar-refractivity contribution is 5.98. The summed E-state index contributed by atoms with van der Waals surface area (Å²) in [6, 6.07) is 10.7. The predicted molar refractivity (Wildman–Crippen MR) is 127 cm³/mol. The van der Waals surface area contributed by atoms with Crippen LogP contribution in [0, 0.1) is 18.6 Å². The summed E-state index contributed by atoms with van der Waals surface area (Å²) in [6.45, 7) is 1.69. The van der Waals surface area contributed by atoms with Crippen LogP contribution in [0.2, 0.25) is 0 Å². The second-order valence-electron chi connectivity index (χ2n) is 8.37. The molecule has 0 bridgehead atoms. The molecule has 3 heterocycles. The van der Waals surface area contributed by atoms with Crippen LogP contribution in [0.1, 0.15) is 37.7 Å². The second-order valence-corrected chi connectivity index (χ2v) is 8.37. The second kappa shape index (κ2) is 9.64. The number of benzene rings is 2. The molecule has 1 aliphatic heterocycles. The van der Waals surface area contributed by atoms with E-state index in [1.54, 1.807) is 31.2 Å². The van der Waals surface area contributed by atoms with E-state index in [1.165, 1.54) is 18.2 Å². The molecule has 3 amide bonds. The van der Waals surface area contributed by atoms with Crippen molar-refractivity contribution >= 4 is 29.1 Å². The number of rotatable bonds is 6. The molecule has 37 heavy (non-hydrogen) atoms. The Balaban J connectivity index is 1.34. The molecule has 4 aromatic rings. The summed E-state index contributed by atoms with van der Waals surface area (Å²) in [7, 11) is 0. The molecule has 2 aromatic heterocycles. The van der Waals surface area contributed by atoms with Gasteiger partial charge in [-0.05, 0) is 41.8 Å². The van der Waals surface area contributed by atoms with Gasteiger partial charge in [-0.15, -0.1) is 0 Å². The number of carbonyl (C=O) groups is 3. The summed E-state index contributed by atoms with van der Waals surface area (Å²) < 4.78 is 34.2. The van der Waals surface area contributed by atoms with Crippen LogP contribution in [-0.2, 0) is 17.9 Å². The van der Waals surface area contributed by atoms with Crippen LogP contribution in [0.3, 0.4) is 0 Å². The fourth-order valence-electron chi connectivity index (χ4n) is 3.82. The number of ether oxygens (including phenoxy) is 1. The molecule has 0 unspecified atom stereocenters. The Labute approximate surface area is 208 Å². The minimum atomic E-state index is -0.803. The lowest BCUT2D eigenvalue weighted by molar-refractivity contribution is -0.118. The van der Waals surface area contributed by atoms with Crippen molar-refractivity contribution in [2.24, 2.45) is 0 Å². The van der Waals surface area contributed by atoms with Crippen LogP contribution in [0.25, 0.3) is 5.65 Å². The van der Waals surface area contributed by atoms with E-state index in [0.29, 0.717) is 28.1 Å². The maximum Gasteiger partial charge on any atom is 0.270 e. The Morgan fingerprint density at radius 2 is 1.76 bits per heavy atom. The molecule has 0 atom stereocenters. The van der Waals surface area contributed by atoms with Gasteiger partial charge < -0.3 is 20.7 Å². The maximum absolute atomic E-state index is 14.3. The number of hydrogen-bond acceptors (Lipinski definition) is 6. The van der Waals surface area contributed by atoms with Crippen molar-refractivity contribution in [3.05, 3.63) is 88.4 Å². The number of fused-ring (bicyclic) bond motifs is 2. The zero-order valence-electron chi connectivity index (χ0n) is 19.5. The smallest absolute Gasteiger partial charge is 0.270 e. The summed E-state index contributed by atoms with van der Waals surface area (Å²) in [6.07, 6.45) is 0.896. The van der Waals surface area contributed by atoms with Gasteiger partial charge in [0.2, 0.25) is 0 Å². The van der Waals surface area contributed by atoms with Gasteiger partial charge in [0.1, 0.15) is 23.0 Å². The van der Waals surface area contributed by atoms with Gasteiger partial charge in [0.05, 0.1) is 11.9 Å². The van der Waals surface area contributed by atoms with Gasteiger partial charge in [0, 0.05) is 19.2 Å². The minimum Gasteiger partial charge on any atom is -0.482 e. The number of halogens is 2. The van der Waals surface area contributed by atoms with Crippen molar-refractivity contribution in [2.75, 3.05) is 11.9 Å². The normalized spacial score (nSPS) is 12.5. The van der Waals surface area contributed by atoms with E-state index in [-0.39, 0.29) is 48.5 Å². The molecule has 0 aliphatic carbocycles. The zero-order valence-corrected chi connectivity index (χ0v) is 19.5. The number of carbonyl (C=O) groups excluding carboxylic acids is 3. The van der Waals surface area contributed by atoms with E-state index in [2.05, 4.69) is 26.0 Å². The van der Waals surface area contributed by atoms with Crippen molar-refractivity contribution in [1.29, 1.82) is 0 Å². The lowest BCUT2D eigenvalue weighted by atomic mass is 10.1. The molecule has 0 fully saturated rings. The van der Waals surface area contributed by atoms with Gasteiger partial charge >= 0.3 is 0 Å². The van der Waals surface area contributed by atoms with Crippen LogP contribution in [0.5, 0.6) is 5.75 Å². The fraction of sp³-hybridized carbons (Fsp3) is 0.160. The van der Waals surface area contributed by atoms with Crippen molar-refractivity contribution in [3.63, 3.8) is 0 Å². The highest BCUT2D eigenvalue weighted by Gasteiger charge is 2.21. The lowest BCUT2D eigenvalue weighted by Crippen LogP contribution is -2.29. The van der Waals surface area contributed by atoms with E-state index in [0.717, 1.165) is 10.7 Å². The molecule has 10 nitrogen and oxygen atoms in total. The van der Waals surface area contributed by atoms with E-state index in [9.17, 15) is 23.2 Å². The number of aryl methyl sites for hydroxylation is 1. The third-order valence-corrected chi connectivity index (χ3v) is 5.70. The average Bonchev–Trinajstić information content (AvgIpc) is 3.27. The summed E-state index contributed by atoms with van der Waals surface area (Å²) in [5.74, 6) is -2.20. The molecule has 3 N–H and O–H groups in total. The summed E-state index contributed by atoms with van der Waals surface area (Å²) >= 11 is 0. The predicted octanol–water partition coefficient (Wildman–Crippen LogP) is 2.51. The lowest BCUT2D eigenvalue weighted by Gasteiger charge is -2.18. The highest BCUT2D eigenvalue weighted by Crippen LogP contribution is 2.28. The van der Waals surface area contributed by atoms with E-state index in [4.69, 9.17) is 4.74 Å². The van der Waals surface area contributed by atoms with Gasteiger partial charge in [0.25, 0.3) is 17.7 Å². The number of aromatic nitrogens is 3. The molecule has 1 aliphatic rings. The zero-order chi connectivity index (χ0) is 26.1. The quantitative estimate of drug-likeness (QED) is 0.369. The first-order valence-corrected chi connectivity index (χ1v) is 11.2. The molecular formula is C25H20F2N6O4. The summed E-state index contributed by atoms with van der Waals surface area (Å²) in [4.78, 5) is 41.4. The number of anilines is 1. The van der Waals surface area contributed by atoms with Crippen molar-refractivity contribution in [2.45, 2.75) is 20.0 Å². The fourth-order valence-corrected chi connectivity index (χ4v) is 3.82. The van der Waals surface area contributed by atoms with Gasteiger partial charge in [-0.2, -0.15) is 5.10 Å². The van der Waals surface area contributed by atoms with Crippen LogP contribution in [0.15, 0.2) is 48.7 Å². The number of amides is 3. The molecule has 0 saturated carbocycles. The Hall–Kier alpha value is -4.87. The SMILES string of the molecule is Cc1cc(CNC(=O)c2cc(C(=O)NCc3ccc4c(c3)NC(=O)CO4)nc3c(F)cnn23)ccc1F. The number of hydrogen-bond donors (Lipinski definition) is 3. The topological polar surface area (TPSA) is 127 Å². The van der Waals surface area contributed by atoms with Crippen LogP contribution in [0.4, 0.5) is 14.5 Å². The first kappa shape index (κ1) is 23.9. The van der Waals surface area contributed by atoms with Gasteiger partial charge in [0.15, 0.2) is 18.1 Å². The summed E-state index contributed by atoms with van der Waals surface area (Å²) in [5.41, 5.74) is 1.66. The number of nitrogens with zero attached hydrogens (tertiary/aromatic N) is 3. The molecule has 2 aromatic carbocycles. The van der Waals surface area contributed by atoms with E-state index in [1.807, 2.05) is 0 Å². The first-order chi connectivity index (χ1) is 17.8. The molecule has 0 spiro atoms. The molecule has 12 heteroatoms.